The summed E-state index contributed by atoms with van der Waals surface area (Å²) in [5.74, 6) is 0.541. The molecule has 2 saturated heterocycles. The Morgan fingerprint density at radius 1 is 1.07 bits per heavy atom. The average Bonchev–Trinajstić information content (AvgIpc) is 2.98. The Morgan fingerprint density at radius 2 is 1.71 bits per heavy atom. The van der Waals surface area contributed by atoms with Crippen molar-refractivity contribution in [3.63, 3.8) is 0 Å². The normalized spacial score (nSPS) is 19.7. The lowest BCUT2D eigenvalue weighted by Crippen LogP contribution is -2.40. The maximum absolute atomic E-state index is 13.0. The lowest BCUT2D eigenvalue weighted by molar-refractivity contribution is 0.0690. The molecule has 2 fully saturated rings. The Balaban J connectivity index is 0.00000280. The predicted octanol–water partition coefficient (Wildman–Crippen LogP) is 2.74. The second-order valence-electron chi connectivity index (χ2n) is 7.64. The van der Waals surface area contributed by atoms with Crippen LogP contribution in [0.5, 0.6) is 0 Å². The molecule has 0 aliphatic carbocycles. The Kier molecular flexibility index (Phi) is 8.74. The van der Waals surface area contributed by atoms with Gasteiger partial charge < -0.3 is 10.2 Å². The van der Waals surface area contributed by atoms with Crippen LogP contribution in [0.1, 0.15) is 48.9 Å². The summed E-state index contributed by atoms with van der Waals surface area (Å²) in [6, 6.07) is 6.58. The molecule has 0 radical (unpaired) electrons. The van der Waals surface area contributed by atoms with E-state index in [1.165, 1.54) is 0 Å². The van der Waals surface area contributed by atoms with E-state index in [1.54, 1.807) is 28.6 Å². The highest BCUT2D eigenvalue weighted by molar-refractivity contribution is 7.89. The fourth-order valence-corrected chi connectivity index (χ4v) is 5.60. The third kappa shape index (κ3) is 5.47. The van der Waals surface area contributed by atoms with E-state index in [9.17, 15) is 13.2 Å². The molecule has 2 heterocycles. The van der Waals surface area contributed by atoms with Crippen molar-refractivity contribution in [2.24, 2.45) is 5.92 Å². The highest BCUT2D eigenvalue weighted by atomic mass is 35.5. The summed E-state index contributed by atoms with van der Waals surface area (Å²) < 4.78 is 27.6. The van der Waals surface area contributed by atoms with Crippen LogP contribution >= 0.6 is 12.4 Å². The number of carbonyl (C=O) groups is 1. The quantitative estimate of drug-likeness (QED) is 0.781. The standard InChI is InChI=1S/C20H31N3O3S.ClH/c1-21-16-17-9-13-22(14-10-17)20(24)18-7-6-8-19(15-18)27(25,26)23-11-4-2-3-5-12-23;/h6-8,15,17,21H,2-5,9-14,16H2,1H3;1H. The summed E-state index contributed by atoms with van der Waals surface area (Å²) in [5, 5.41) is 3.20. The first-order valence-corrected chi connectivity index (χ1v) is 11.5. The van der Waals surface area contributed by atoms with Crippen LogP contribution in [-0.4, -0.2) is 63.3 Å². The average molecular weight is 430 g/mol. The minimum atomic E-state index is -3.53. The number of nitrogens with one attached hydrogen (secondary N) is 1. The van der Waals surface area contributed by atoms with Crippen molar-refractivity contribution >= 4 is 28.3 Å². The van der Waals surface area contributed by atoms with Gasteiger partial charge in [-0.05, 0) is 63.4 Å². The smallest absolute Gasteiger partial charge is 0.253 e. The molecule has 3 rings (SSSR count). The first-order chi connectivity index (χ1) is 13.0. The van der Waals surface area contributed by atoms with Crippen molar-refractivity contribution < 1.29 is 13.2 Å². The number of piperidine rings is 1. The predicted molar refractivity (Wildman–Crippen MR) is 113 cm³/mol. The van der Waals surface area contributed by atoms with Crippen LogP contribution in [0.15, 0.2) is 29.2 Å². The first kappa shape index (κ1) is 23.1. The van der Waals surface area contributed by atoms with E-state index in [1.807, 2.05) is 11.9 Å². The fourth-order valence-electron chi connectivity index (χ4n) is 4.03. The third-order valence-electron chi connectivity index (χ3n) is 5.68. The van der Waals surface area contributed by atoms with Gasteiger partial charge in [0.25, 0.3) is 5.91 Å². The molecule has 6 nitrogen and oxygen atoms in total. The van der Waals surface area contributed by atoms with Gasteiger partial charge >= 0.3 is 0 Å². The number of carbonyl (C=O) groups excluding carboxylic acids is 1. The second kappa shape index (κ2) is 10.6. The van der Waals surface area contributed by atoms with Gasteiger partial charge in [0.15, 0.2) is 0 Å². The SMILES string of the molecule is CNCC1CCN(C(=O)c2cccc(S(=O)(=O)N3CCCCCC3)c2)CC1.Cl. The number of likely N-dealkylation sites (tertiary alicyclic amines) is 1. The van der Waals surface area contributed by atoms with Crippen molar-refractivity contribution in [2.45, 2.75) is 43.4 Å². The molecule has 2 aliphatic heterocycles. The zero-order chi connectivity index (χ0) is 19.3. The monoisotopic (exact) mass is 429 g/mol. The molecule has 0 unspecified atom stereocenters. The molecule has 0 spiro atoms. The van der Waals surface area contributed by atoms with Crippen molar-refractivity contribution in [1.82, 2.24) is 14.5 Å². The molecule has 8 heteroatoms. The third-order valence-corrected chi connectivity index (χ3v) is 7.57. The van der Waals surface area contributed by atoms with Gasteiger partial charge in [-0.15, -0.1) is 12.4 Å². The first-order valence-electron chi connectivity index (χ1n) is 10.1. The molecule has 1 aromatic carbocycles. The van der Waals surface area contributed by atoms with Crippen LogP contribution < -0.4 is 5.32 Å². The summed E-state index contributed by atoms with van der Waals surface area (Å²) in [4.78, 5) is 15.0. The lowest BCUT2D eigenvalue weighted by Gasteiger charge is -2.32. The molecule has 2 aliphatic rings. The van der Waals surface area contributed by atoms with E-state index < -0.39 is 10.0 Å². The van der Waals surface area contributed by atoms with E-state index in [2.05, 4.69) is 5.32 Å². The Morgan fingerprint density at radius 3 is 2.32 bits per heavy atom. The van der Waals surface area contributed by atoms with Gasteiger partial charge in [-0.1, -0.05) is 18.9 Å². The van der Waals surface area contributed by atoms with Crippen molar-refractivity contribution in [1.29, 1.82) is 0 Å². The number of hydrogen-bond donors (Lipinski definition) is 1. The summed E-state index contributed by atoms with van der Waals surface area (Å²) in [7, 11) is -1.58. The van der Waals surface area contributed by atoms with Crippen LogP contribution in [0.4, 0.5) is 0 Å². The summed E-state index contributed by atoms with van der Waals surface area (Å²) in [6.07, 6.45) is 5.93. The van der Waals surface area contributed by atoms with Crippen LogP contribution in [0, 0.1) is 5.92 Å². The summed E-state index contributed by atoms with van der Waals surface area (Å²) in [6.45, 7) is 3.58. The van der Waals surface area contributed by atoms with Crippen molar-refractivity contribution in [3.8, 4) is 0 Å². The van der Waals surface area contributed by atoms with Crippen LogP contribution in [0.3, 0.4) is 0 Å². The zero-order valence-corrected chi connectivity index (χ0v) is 18.2. The maximum atomic E-state index is 13.0. The molecule has 158 valence electrons. The van der Waals surface area contributed by atoms with Crippen LogP contribution in [-0.2, 0) is 10.0 Å². The highest BCUT2D eigenvalue weighted by Crippen LogP contribution is 2.23. The van der Waals surface area contributed by atoms with Gasteiger partial charge in [-0.25, -0.2) is 8.42 Å². The van der Waals surface area contributed by atoms with E-state index in [0.29, 0.717) is 24.6 Å². The van der Waals surface area contributed by atoms with Gasteiger partial charge in [-0.2, -0.15) is 4.31 Å². The van der Waals surface area contributed by atoms with Crippen LogP contribution in [0.2, 0.25) is 0 Å². The molecule has 0 saturated carbocycles. The molecule has 1 aromatic rings. The molecule has 0 aromatic heterocycles. The number of sulfonamides is 1. The number of halogens is 1. The molecule has 0 bridgehead atoms. The molecule has 28 heavy (non-hydrogen) atoms. The van der Waals surface area contributed by atoms with Gasteiger partial charge in [-0.3, -0.25) is 4.79 Å². The lowest BCUT2D eigenvalue weighted by atomic mass is 9.96. The van der Waals surface area contributed by atoms with E-state index in [-0.39, 0.29) is 23.2 Å². The van der Waals surface area contributed by atoms with Crippen molar-refractivity contribution in [2.75, 3.05) is 39.8 Å². The van der Waals surface area contributed by atoms with Gasteiger partial charge in [0, 0.05) is 31.7 Å². The number of hydrogen-bond acceptors (Lipinski definition) is 4. The van der Waals surface area contributed by atoms with Crippen molar-refractivity contribution in [3.05, 3.63) is 29.8 Å². The van der Waals surface area contributed by atoms with Gasteiger partial charge in [0.2, 0.25) is 10.0 Å². The molecular formula is C20H32ClN3O3S. The Hall–Kier alpha value is -1.15. The van der Waals surface area contributed by atoms with Crippen LogP contribution in [0.25, 0.3) is 0 Å². The molecule has 1 N–H and O–H groups in total. The highest BCUT2D eigenvalue weighted by Gasteiger charge is 2.27. The minimum absolute atomic E-state index is 0. The summed E-state index contributed by atoms with van der Waals surface area (Å²) >= 11 is 0. The van der Waals surface area contributed by atoms with E-state index in [0.717, 1.165) is 58.2 Å². The number of benzene rings is 1. The van der Waals surface area contributed by atoms with E-state index >= 15 is 0 Å². The molecule has 1 amide bonds. The van der Waals surface area contributed by atoms with E-state index in [4.69, 9.17) is 0 Å². The maximum Gasteiger partial charge on any atom is 0.253 e. The minimum Gasteiger partial charge on any atom is -0.339 e. The Labute approximate surface area is 175 Å². The molecule has 0 atom stereocenters. The fraction of sp³-hybridized carbons (Fsp3) is 0.650. The summed E-state index contributed by atoms with van der Waals surface area (Å²) in [5.41, 5.74) is 0.470. The second-order valence-corrected chi connectivity index (χ2v) is 9.58. The Bertz CT molecular complexity index is 741. The van der Waals surface area contributed by atoms with Gasteiger partial charge in [0.05, 0.1) is 4.90 Å². The largest absolute Gasteiger partial charge is 0.339 e. The zero-order valence-electron chi connectivity index (χ0n) is 16.6. The number of amides is 1. The number of rotatable bonds is 5. The van der Waals surface area contributed by atoms with Gasteiger partial charge in [0.1, 0.15) is 0 Å². The molecular weight excluding hydrogens is 398 g/mol. The number of nitrogens with zero attached hydrogens (tertiary/aromatic N) is 2. The topological polar surface area (TPSA) is 69.7 Å².